The molecule has 0 aromatic heterocycles. The van der Waals surface area contributed by atoms with Gasteiger partial charge in [-0.25, -0.2) is 0 Å². The molecule has 1 aromatic carbocycles. The molecule has 0 radical (unpaired) electrons. The maximum atomic E-state index is 12.8. The number of likely N-dealkylation sites (N-methyl/N-ethyl adjacent to an activating group) is 1. The third-order valence-electron chi connectivity index (χ3n) is 4.59. The molecule has 4 nitrogen and oxygen atoms in total. The minimum Gasteiger partial charge on any atom is -0.342 e. The second-order valence-corrected chi connectivity index (χ2v) is 5.60. The first kappa shape index (κ1) is 15.0. The van der Waals surface area contributed by atoms with E-state index in [1.54, 1.807) is 4.90 Å². The molecule has 1 amide bonds. The summed E-state index contributed by atoms with van der Waals surface area (Å²) in [6.45, 7) is 9.04. The molecule has 0 saturated carbocycles. The summed E-state index contributed by atoms with van der Waals surface area (Å²) in [6, 6.07) is 9.92. The number of nitrogens with zero attached hydrogens (tertiary/aromatic N) is 2. The average molecular weight is 276 g/mol. The summed E-state index contributed by atoms with van der Waals surface area (Å²) in [5.41, 5.74) is 0.237. The maximum Gasteiger partial charge on any atom is 0.245 e. The molecule has 1 aromatic rings. The highest BCUT2D eigenvalue weighted by Gasteiger charge is 2.61. The molecule has 1 fully saturated rings. The highest BCUT2D eigenvalue weighted by atomic mass is 16.5. The van der Waals surface area contributed by atoms with Gasteiger partial charge in [0, 0.05) is 25.0 Å². The number of hydrogen-bond acceptors (Lipinski definition) is 3. The molecule has 1 aliphatic rings. The van der Waals surface area contributed by atoms with Gasteiger partial charge >= 0.3 is 0 Å². The molecule has 0 bridgehead atoms. The van der Waals surface area contributed by atoms with Crippen LogP contribution in [0.1, 0.15) is 39.2 Å². The number of rotatable bonds is 4. The van der Waals surface area contributed by atoms with Crippen molar-refractivity contribution in [3.05, 3.63) is 35.9 Å². The van der Waals surface area contributed by atoms with Crippen molar-refractivity contribution < 1.29 is 10.0 Å². The third-order valence-corrected chi connectivity index (χ3v) is 4.59. The highest BCUT2D eigenvalue weighted by molar-refractivity contribution is 5.88. The average Bonchev–Trinajstić information content (AvgIpc) is 2.48. The number of hydrogen-bond donors (Lipinski definition) is 1. The molecule has 1 aliphatic heterocycles. The van der Waals surface area contributed by atoms with Crippen molar-refractivity contribution in [2.45, 2.75) is 45.2 Å². The van der Waals surface area contributed by atoms with Crippen molar-refractivity contribution in [3.63, 3.8) is 0 Å². The Hall–Kier alpha value is -1.39. The Morgan fingerprint density at radius 2 is 1.85 bits per heavy atom. The number of benzene rings is 1. The predicted molar refractivity (Wildman–Crippen MR) is 78.6 cm³/mol. The van der Waals surface area contributed by atoms with E-state index < -0.39 is 5.54 Å². The van der Waals surface area contributed by atoms with Crippen LogP contribution in [0.5, 0.6) is 0 Å². The van der Waals surface area contributed by atoms with Gasteiger partial charge in [0.15, 0.2) is 0 Å². The lowest BCUT2D eigenvalue weighted by atomic mass is 9.67. The Kier molecular flexibility index (Phi) is 4.16. The van der Waals surface area contributed by atoms with Crippen molar-refractivity contribution >= 4 is 5.91 Å². The zero-order valence-corrected chi connectivity index (χ0v) is 12.7. The van der Waals surface area contributed by atoms with E-state index in [9.17, 15) is 10.0 Å². The van der Waals surface area contributed by atoms with Crippen molar-refractivity contribution in [3.8, 4) is 0 Å². The lowest BCUT2D eigenvalue weighted by Crippen LogP contribution is -2.73. The number of amides is 1. The fourth-order valence-electron chi connectivity index (χ4n) is 3.42. The summed E-state index contributed by atoms with van der Waals surface area (Å²) in [4.78, 5) is 14.6. The van der Waals surface area contributed by atoms with Gasteiger partial charge in [0.1, 0.15) is 5.54 Å². The lowest BCUT2D eigenvalue weighted by molar-refractivity contribution is -0.272. The fourth-order valence-corrected chi connectivity index (χ4v) is 3.42. The predicted octanol–water partition coefficient (Wildman–Crippen LogP) is 2.49. The molecule has 4 heteroatoms. The van der Waals surface area contributed by atoms with Crippen LogP contribution in [0.2, 0.25) is 0 Å². The van der Waals surface area contributed by atoms with E-state index in [4.69, 9.17) is 0 Å². The molecular weight excluding hydrogens is 252 g/mol. The van der Waals surface area contributed by atoms with Crippen LogP contribution in [0.25, 0.3) is 0 Å². The van der Waals surface area contributed by atoms with E-state index >= 15 is 0 Å². The van der Waals surface area contributed by atoms with Gasteiger partial charge < -0.3 is 10.1 Å². The quantitative estimate of drug-likeness (QED) is 0.919. The van der Waals surface area contributed by atoms with Gasteiger partial charge in [-0.1, -0.05) is 30.3 Å². The van der Waals surface area contributed by atoms with Gasteiger partial charge in [0.05, 0.1) is 0 Å². The second-order valence-electron chi connectivity index (χ2n) is 5.60. The topological polar surface area (TPSA) is 43.8 Å². The van der Waals surface area contributed by atoms with Crippen LogP contribution in [-0.4, -0.2) is 45.7 Å². The summed E-state index contributed by atoms with van der Waals surface area (Å²) >= 11 is 0. The van der Waals surface area contributed by atoms with Crippen LogP contribution in [0.4, 0.5) is 0 Å². The zero-order valence-electron chi connectivity index (χ0n) is 12.7. The van der Waals surface area contributed by atoms with Crippen LogP contribution >= 0.6 is 0 Å². The third kappa shape index (κ3) is 2.03. The van der Waals surface area contributed by atoms with Crippen molar-refractivity contribution in [1.82, 2.24) is 9.96 Å². The summed E-state index contributed by atoms with van der Waals surface area (Å²) in [5, 5.41) is 11.5. The molecule has 1 saturated heterocycles. The molecule has 3 atom stereocenters. The molecular formula is C16H24N2O2. The fraction of sp³-hybridized carbons (Fsp3) is 0.562. The van der Waals surface area contributed by atoms with Crippen molar-refractivity contribution in [1.29, 1.82) is 0 Å². The van der Waals surface area contributed by atoms with E-state index in [1.165, 1.54) is 5.06 Å². The minimum absolute atomic E-state index is 0.00282. The van der Waals surface area contributed by atoms with E-state index in [0.29, 0.717) is 13.1 Å². The Morgan fingerprint density at radius 3 is 2.35 bits per heavy atom. The first-order valence-corrected chi connectivity index (χ1v) is 7.30. The summed E-state index contributed by atoms with van der Waals surface area (Å²) in [5.74, 6) is 0.0127. The van der Waals surface area contributed by atoms with Gasteiger partial charge in [-0.05, 0) is 33.3 Å². The van der Waals surface area contributed by atoms with Gasteiger partial charge in [-0.2, -0.15) is 5.06 Å². The standard InChI is InChI=1S/C16H24N2O2/c1-5-17(6-2)15(19)16(4)14(12(3)18(16)20)13-10-8-7-9-11-13/h7-12,14,20H,5-6H2,1-4H3/t12-,14+,16+/m0/s1. The molecule has 1 heterocycles. The van der Waals surface area contributed by atoms with E-state index in [0.717, 1.165) is 5.56 Å². The Bertz CT molecular complexity index is 473. The van der Waals surface area contributed by atoms with Crippen LogP contribution < -0.4 is 0 Å². The summed E-state index contributed by atoms with van der Waals surface area (Å²) < 4.78 is 0. The Morgan fingerprint density at radius 1 is 1.30 bits per heavy atom. The minimum atomic E-state index is -0.868. The molecule has 20 heavy (non-hydrogen) atoms. The lowest BCUT2D eigenvalue weighted by Gasteiger charge is -2.58. The molecule has 0 unspecified atom stereocenters. The first-order chi connectivity index (χ1) is 9.48. The Labute approximate surface area is 121 Å². The SMILES string of the molecule is CCN(CC)C(=O)[C@@]1(C)[C@@H](c2ccccc2)[C@H](C)N1O. The van der Waals surface area contributed by atoms with Gasteiger partial charge in [0.2, 0.25) is 5.91 Å². The van der Waals surface area contributed by atoms with Gasteiger partial charge in [-0.15, -0.1) is 0 Å². The second kappa shape index (κ2) is 5.54. The molecule has 110 valence electrons. The summed E-state index contributed by atoms with van der Waals surface area (Å²) in [7, 11) is 0. The number of carbonyl (C=O) groups excluding carboxylic acids is 1. The normalized spacial score (nSPS) is 29.9. The maximum absolute atomic E-state index is 12.8. The smallest absolute Gasteiger partial charge is 0.245 e. The molecule has 0 spiro atoms. The molecule has 0 aliphatic carbocycles. The van der Waals surface area contributed by atoms with Crippen LogP contribution in [-0.2, 0) is 4.79 Å². The van der Waals surface area contributed by atoms with Gasteiger partial charge in [0.25, 0.3) is 0 Å². The number of hydroxylamine groups is 2. The monoisotopic (exact) mass is 276 g/mol. The van der Waals surface area contributed by atoms with E-state index in [2.05, 4.69) is 0 Å². The van der Waals surface area contributed by atoms with Crippen molar-refractivity contribution in [2.75, 3.05) is 13.1 Å². The van der Waals surface area contributed by atoms with Crippen LogP contribution in [0, 0.1) is 0 Å². The summed E-state index contributed by atoms with van der Waals surface area (Å²) in [6.07, 6.45) is 0. The van der Waals surface area contributed by atoms with Gasteiger partial charge in [-0.3, -0.25) is 4.79 Å². The van der Waals surface area contributed by atoms with E-state index in [-0.39, 0.29) is 17.9 Å². The largest absolute Gasteiger partial charge is 0.342 e. The van der Waals surface area contributed by atoms with Crippen LogP contribution in [0.3, 0.4) is 0 Å². The Balaban J connectivity index is 2.35. The zero-order chi connectivity index (χ0) is 14.9. The molecule has 2 rings (SSSR count). The highest BCUT2D eigenvalue weighted by Crippen LogP contribution is 2.48. The molecule has 1 N–H and O–H groups in total. The first-order valence-electron chi connectivity index (χ1n) is 7.30. The van der Waals surface area contributed by atoms with Crippen LogP contribution in [0.15, 0.2) is 30.3 Å². The van der Waals surface area contributed by atoms with E-state index in [1.807, 2.05) is 58.0 Å². The number of carbonyl (C=O) groups is 1. The van der Waals surface area contributed by atoms with Crippen molar-refractivity contribution in [2.24, 2.45) is 0 Å².